The lowest BCUT2D eigenvalue weighted by Gasteiger charge is -2.14. The summed E-state index contributed by atoms with van der Waals surface area (Å²) in [5.74, 6) is 0.651. The zero-order valence-corrected chi connectivity index (χ0v) is 30.1. The van der Waals surface area contributed by atoms with Crippen LogP contribution in [0.25, 0.3) is 111 Å². The molecule has 0 saturated carbocycles. The van der Waals surface area contributed by atoms with Crippen LogP contribution in [-0.2, 0) is 0 Å². The second kappa shape index (κ2) is 13.0. The van der Waals surface area contributed by atoms with Crippen LogP contribution >= 0.6 is 0 Å². The van der Waals surface area contributed by atoms with Crippen LogP contribution in [-0.4, -0.2) is 15.0 Å². The van der Waals surface area contributed by atoms with Crippen LogP contribution in [0.2, 0.25) is 0 Å². The average molecular weight is 718 g/mol. The molecule has 4 aromatic heterocycles. The van der Waals surface area contributed by atoms with E-state index in [1.165, 1.54) is 0 Å². The Balaban J connectivity index is 1.15. The van der Waals surface area contributed by atoms with Crippen molar-refractivity contribution >= 4 is 43.9 Å². The number of benzene rings is 7. The number of hydrogen-bond donors (Lipinski definition) is 0. The van der Waals surface area contributed by atoms with E-state index in [2.05, 4.69) is 115 Å². The molecule has 0 amide bonds. The molecule has 262 valence electrons. The van der Waals surface area contributed by atoms with E-state index in [4.69, 9.17) is 23.8 Å². The molecule has 0 atom stereocenters. The first-order chi connectivity index (χ1) is 27.7. The lowest BCUT2D eigenvalue weighted by Crippen LogP contribution is -1.98. The first-order valence-electron chi connectivity index (χ1n) is 18.7. The van der Waals surface area contributed by atoms with Gasteiger partial charge in [-0.1, -0.05) is 109 Å². The molecule has 0 fully saturated rings. The largest absolute Gasteiger partial charge is 0.456 e. The van der Waals surface area contributed by atoms with Crippen molar-refractivity contribution in [1.29, 1.82) is 0 Å². The minimum Gasteiger partial charge on any atom is -0.456 e. The molecule has 0 aliphatic rings. The second-order valence-corrected chi connectivity index (χ2v) is 14.0. The smallest absolute Gasteiger partial charge is 0.160 e. The van der Waals surface area contributed by atoms with Gasteiger partial charge in [0.05, 0.1) is 17.1 Å². The van der Waals surface area contributed by atoms with Crippen molar-refractivity contribution in [3.63, 3.8) is 0 Å². The van der Waals surface area contributed by atoms with Crippen molar-refractivity contribution in [2.75, 3.05) is 0 Å². The molecule has 4 heterocycles. The third-order valence-corrected chi connectivity index (χ3v) is 10.6. The highest BCUT2D eigenvalue weighted by Gasteiger charge is 2.18. The first kappa shape index (κ1) is 31.9. The number of nitrogens with zero attached hydrogens (tertiary/aromatic N) is 3. The van der Waals surface area contributed by atoms with Crippen molar-refractivity contribution < 1.29 is 8.83 Å². The third-order valence-electron chi connectivity index (χ3n) is 10.6. The number of aromatic nitrogens is 3. The molecule has 56 heavy (non-hydrogen) atoms. The highest BCUT2D eigenvalue weighted by atomic mass is 16.3. The fraction of sp³-hybridized carbons (Fsp3) is 0. The summed E-state index contributed by atoms with van der Waals surface area (Å²) in [4.78, 5) is 15.2. The summed E-state index contributed by atoms with van der Waals surface area (Å²) in [5.41, 5.74) is 14.2. The molecule has 0 spiro atoms. The molecule has 0 aliphatic heterocycles. The number of para-hydroxylation sites is 2. The summed E-state index contributed by atoms with van der Waals surface area (Å²) in [5, 5.41) is 4.35. The van der Waals surface area contributed by atoms with E-state index in [1.807, 2.05) is 72.9 Å². The molecule has 0 unspecified atom stereocenters. The maximum atomic E-state index is 6.22. The zero-order chi connectivity index (χ0) is 37.0. The molecule has 5 heteroatoms. The number of pyridine rings is 1. The molecule has 0 aliphatic carbocycles. The van der Waals surface area contributed by atoms with E-state index in [0.29, 0.717) is 5.82 Å². The molecule has 11 rings (SSSR count). The van der Waals surface area contributed by atoms with Crippen LogP contribution in [0.3, 0.4) is 0 Å². The Kier molecular flexibility index (Phi) is 7.42. The van der Waals surface area contributed by atoms with Gasteiger partial charge in [0.25, 0.3) is 0 Å². The minimum absolute atomic E-state index is 0.651. The van der Waals surface area contributed by atoms with E-state index in [0.717, 1.165) is 105 Å². The van der Waals surface area contributed by atoms with E-state index in [-0.39, 0.29) is 0 Å². The summed E-state index contributed by atoms with van der Waals surface area (Å²) in [7, 11) is 0. The Labute approximate surface area is 322 Å². The number of rotatable bonds is 6. The standard InChI is InChI=1S/C51H31N3O2/c1-2-12-32(13-3-1)51-53-45(31-46(54-51)39-15-5-4-14-38(39)44-18-10-11-25-52-44)37-27-35(33-21-23-49-42(29-33)40-16-6-8-19-47(40)55-49)26-36(28-37)34-22-24-50-43(30-34)41-17-7-9-20-48(41)56-50/h1-31H. The summed E-state index contributed by atoms with van der Waals surface area (Å²) in [6.45, 7) is 0. The van der Waals surface area contributed by atoms with Crippen LogP contribution < -0.4 is 0 Å². The summed E-state index contributed by atoms with van der Waals surface area (Å²) in [6, 6.07) is 62.7. The van der Waals surface area contributed by atoms with Crippen molar-refractivity contribution in [2.45, 2.75) is 0 Å². The van der Waals surface area contributed by atoms with Gasteiger partial charge in [-0.3, -0.25) is 4.98 Å². The predicted octanol–water partition coefficient (Wildman–Crippen LogP) is 13.7. The fourth-order valence-corrected chi connectivity index (χ4v) is 7.82. The van der Waals surface area contributed by atoms with Gasteiger partial charge in [-0.2, -0.15) is 0 Å². The predicted molar refractivity (Wildman–Crippen MR) is 227 cm³/mol. The van der Waals surface area contributed by atoms with Gasteiger partial charge in [0, 0.05) is 50.0 Å². The van der Waals surface area contributed by atoms with E-state index < -0.39 is 0 Å². The molecule has 5 nitrogen and oxygen atoms in total. The Hall–Kier alpha value is -7.63. The second-order valence-electron chi connectivity index (χ2n) is 14.0. The summed E-state index contributed by atoms with van der Waals surface area (Å²) < 4.78 is 12.4. The van der Waals surface area contributed by atoms with Crippen molar-refractivity contribution in [3.05, 3.63) is 188 Å². The van der Waals surface area contributed by atoms with E-state index in [9.17, 15) is 0 Å². The van der Waals surface area contributed by atoms with Gasteiger partial charge in [-0.25, -0.2) is 9.97 Å². The topological polar surface area (TPSA) is 65.0 Å². The monoisotopic (exact) mass is 717 g/mol. The van der Waals surface area contributed by atoms with Gasteiger partial charge in [-0.05, 0) is 95.1 Å². The molecule has 7 aromatic carbocycles. The van der Waals surface area contributed by atoms with Crippen LogP contribution in [0.15, 0.2) is 197 Å². The van der Waals surface area contributed by atoms with Gasteiger partial charge in [0.2, 0.25) is 0 Å². The Morgan fingerprint density at radius 3 is 1.45 bits per heavy atom. The summed E-state index contributed by atoms with van der Waals surface area (Å²) in [6.07, 6.45) is 1.83. The molecule has 0 N–H and O–H groups in total. The molecule has 11 aromatic rings. The van der Waals surface area contributed by atoms with Gasteiger partial charge < -0.3 is 8.83 Å². The fourth-order valence-electron chi connectivity index (χ4n) is 7.82. The number of furan rings is 2. The maximum absolute atomic E-state index is 6.22. The Bertz CT molecular complexity index is 3120. The van der Waals surface area contributed by atoms with Gasteiger partial charge in [0.15, 0.2) is 5.82 Å². The van der Waals surface area contributed by atoms with Crippen molar-refractivity contribution in [2.24, 2.45) is 0 Å². The quantitative estimate of drug-likeness (QED) is 0.171. The number of fused-ring (bicyclic) bond motifs is 6. The maximum Gasteiger partial charge on any atom is 0.160 e. The van der Waals surface area contributed by atoms with Crippen molar-refractivity contribution in [3.8, 4) is 67.4 Å². The van der Waals surface area contributed by atoms with Crippen LogP contribution in [0.5, 0.6) is 0 Å². The molecule has 0 bridgehead atoms. The van der Waals surface area contributed by atoms with Gasteiger partial charge in [0.1, 0.15) is 22.3 Å². The van der Waals surface area contributed by atoms with Gasteiger partial charge >= 0.3 is 0 Å². The molecular weight excluding hydrogens is 687 g/mol. The van der Waals surface area contributed by atoms with Gasteiger partial charge in [-0.15, -0.1) is 0 Å². The normalized spacial score (nSPS) is 11.6. The zero-order valence-electron chi connectivity index (χ0n) is 30.1. The highest BCUT2D eigenvalue weighted by molar-refractivity contribution is 6.07. The Morgan fingerprint density at radius 1 is 0.304 bits per heavy atom. The lowest BCUT2D eigenvalue weighted by atomic mass is 9.93. The first-order valence-corrected chi connectivity index (χ1v) is 18.7. The van der Waals surface area contributed by atoms with Crippen molar-refractivity contribution in [1.82, 2.24) is 15.0 Å². The third kappa shape index (κ3) is 5.53. The SMILES string of the molecule is c1ccc(-c2nc(-c3cc(-c4ccc5oc6ccccc6c5c4)cc(-c4ccc5oc6ccccc6c5c4)c3)cc(-c3ccccc3-c3ccccn3)n2)cc1. The average Bonchev–Trinajstić information content (AvgIpc) is 3.84. The molecular formula is C51H31N3O2. The summed E-state index contributed by atoms with van der Waals surface area (Å²) >= 11 is 0. The van der Waals surface area contributed by atoms with Crippen LogP contribution in [0, 0.1) is 0 Å². The minimum atomic E-state index is 0.651. The highest BCUT2D eigenvalue weighted by Crippen LogP contribution is 2.40. The molecule has 0 radical (unpaired) electrons. The molecule has 0 saturated heterocycles. The number of hydrogen-bond acceptors (Lipinski definition) is 5. The van der Waals surface area contributed by atoms with E-state index >= 15 is 0 Å². The van der Waals surface area contributed by atoms with Crippen LogP contribution in [0.4, 0.5) is 0 Å². The van der Waals surface area contributed by atoms with E-state index in [1.54, 1.807) is 0 Å². The lowest BCUT2D eigenvalue weighted by molar-refractivity contribution is 0.668. The Morgan fingerprint density at radius 2 is 0.821 bits per heavy atom. The van der Waals surface area contributed by atoms with Crippen LogP contribution in [0.1, 0.15) is 0 Å².